The Hall–Kier alpha value is -1.93. The van der Waals surface area contributed by atoms with E-state index in [1.165, 1.54) is 6.08 Å². The lowest BCUT2D eigenvalue weighted by Crippen LogP contribution is -2.25. The van der Waals surface area contributed by atoms with Crippen molar-refractivity contribution in [3.05, 3.63) is 29.3 Å². The largest absolute Gasteiger partial charge is 0.349 e. The monoisotopic (exact) mass is 216 g/mol. The molecular weight excluding hydrogens is 204 g/mol. The Balaban J connectivity index is 2.23. The van der Waals surface area contributed by atoms with Gasteiger partial charge in [-0.1, -0.05) is 6.07 Å². The number of isocyanates is 1. The Morgan fingerprint density at radius 2 is 2.25 bits per heavy atom. The molecule has 1 N–H and O–H groups in total. The van der Waals surface area contributed by atoms with E-state index in [-0.39, 0.29) is 5.91 Å². The second-order valence-corrected chi connectivity index (χ2v) is 3.95. The number of benzene rings is 1. The van der Waals surface area contributed by atoms with Crippen LogP contribution in [0, 0.1) is 6.92 Å². The highest BCUT2D eigenvalue weighted by atomic mass is 16.1. The molecule has 16 heavy (non-hydrogen) atoms. The number of hydrogen-bond acceptors (Lipinski definition) is 3. The van der Waals surface area contributed by atoms with Crippen LogP contribution in [0.2, 0.25) is 0 Å². The number of aliphatic imine (C=N–C) groups is 1. The molecule has 1 fully saturated rings. The van der Waals surface area contributed by atoms with Crippen molar-refractivity contribution in [3.63, 3.8) is 0 Å². The summed E-state index contributed by atoms with van der Waals surface area (Å²) in [6.45, 7) is 1.83. The number of nitrogens with zero attached hydrogens (tertiary/aromatic N) is 1. The van der Waals surface area contributed by atoms with Gasteiger partial charge in [-0.25, -0.2) is 4.79 Å². The van der Waals surface area contributed by atoms with Crippen LogP contribution >= 0.6 is 0 Å². The van der Waals surface area contributed by atoms with Crippen LogP contribution in [0.4, 0.5) is 5.69 Å². The van der Waals surface area contributed by atoms with E-state index in [4.69, 9.17) is 0 Å². The zero-order valence-corrected chi connectivity index (χ0v) is 8.99. The van der Waals surface area contributed by atoms with Gasteiger partial charge in [0.25, 0.3) is 5.91 Å². The van der Waals surface area contributed by atoms with Crippen LogP contribution in [0.1, 0.15) is 28.8 Å². The molecule has 0 radical (unpaired) electrons. The molecule has 1 aliphatic rings. The molecule has 1 aromatic rings. The molecule has 0 heterocycles. The average molecular weight is 216 g/mol. The van der Waals surface area contributed by atoms with Crippen molar-refractivity contribution in [2.45, 2.75) is 25.8 Å². The predicted molar refractivity (Wildman–Crippen MR) is 59.4 cm³/mol. The third-order valence-corrected chi connectivity index (χ3v) is 2.55. The van der Waals surface area contributed by atoms with Gasteiger partial charge in [0.05, 0.1) is 5.69 Å². The lowest BCUT2D eigenvalue weighted by Gasteiger charge is -2.05. The van der Waals surface area contributed by atoms with E-state index in [1.54, 1.807) is 18.2 Å². The number of nitrogens with one attached hydrogen (secondary N) is 1. The third-order valence-electron chi connectivity index (χ3n) is 2.55. The molecule has 0 unspecified atom stereocenters. The lowest BCUT2D eigenvalue weighted by molar-refractivity contribution is 0.0951. The van der Waals surface area contributed by atoms with Crippen LogP contribution in [0.3, 0.4) is 0 Å². The third kappa shape index (κ3) is 2.35. The molecule has 1 saturated carbocycles. The molecule has 2 rings (SSSR count). The summed E-state index contributed by atoms with van der Waals surface area (Å²) >= 11 is 0. The summed E-state index contributed by atoms with van der Waals surface area (Å²) in [5, 5.41) is 2.88. The highest BCUT2D eigenvalue weighted by Crippen LogP contribution is 2.22. The number of aryl methyl sites for hydroxylation is 1. The van der Waals surface area contributed by atoms with Crippen LogP contribution in [-0.2, 0) is 4.79 Å². The van der Waals surface area contributed by atoms with Gasteiger partial charge in [-0.3, -0.25) is 4.79 Å². The van der Waals surface area contributed by atoms with Gasteiger partial charge in [-0.2, -0.15) is 4.99 Å². The first kappa shape index (κ1) is 10.6. The zero-order chi connectivity index (χ0) is 11.5. The Kier molecular flexibility index (Phi) is 2.84. The van der Waals surface area contributed by atoms with Gasteiger partial charge in [0.2, 0.25) is 6.08 Å². The van der Waals surface area contributed by atoms with E-state index in [9.17, 15) is 9.59 Å². The molecular formula is C12H12N2O2. The summed E-state index contributed by atoms with van der Waals surface area (Å²) in [7, 11) is 0. The summed E-state index contributed by atoms with van der Waals surface area (Å²) in [5.74, 6) is -0.107. The smallest absolute Gasteiger partial charge is 0.251 e. The number of carbonyl (C=O) groups excluding carboxylic acids is 2. The summed E-state index contributed by atoms with van der Waals surface area (Å²) in [6.07, 6.45) is 3.59. The van der Waals surface area contributed by atoms with Crippen molar-refractivity contribution in [1.82, 2.24) is 5.32 Å². The Morgan fingerprint density at radius 3 is 2.88 bits per heavy atom. The minimum atomic E-state index is -0.107. The standard InChI is InChI=1S/C12H12N2O2/c1-8-2-3-9(6-11(8)13-7-15)12(16)14-10-4-5-10/h2-3,6,10H,4-5H2,1H3,(H,14,16). The molecule has 4 nitrogen and oxygen atoms in total. The van der Waals surface area contributed by atoms with Gasteiger partial charge >= 0.3 is 0 Å². The van der Waals surface area contributed by atoms with Gasteiger partial charge in [0.1, 0.15) is 0 Å². The first-order chi connectivity index (χ1) is 7.70. The van der Waals surface area contributed by atoms with Crippen LogP contribution < -0.4 is 5.32 Å². The fourth-order valence-electron chi connectivity index (χ4n) is 1.42. The first-order valence-corrected chi connectivity index (χ1v) is 5.20. The van der Waals surface area contributed by atoms with Crippen LogP contribution in [-0.4, -0.2) is 18.0 Å². The van der Waals surface area contributed by atoms with Crippen molar-refractivity contribution < 1.29 is 9.59 Å². The second-order valence-electron chi connectivity index (χ2n) is 3.95. The Bertz CT molecular complexity index is 472. The summed E-state index contributed by atoms with van der Waals surface area (Å²) < 4.78 is 0. The van der Waals surface area contributed by atoms with E-state index in [0.29, 0.717) is 17.3 Å². The molecule has 1 amide bonds. The summed E-state index contributed by atoms with van der Waals surface area (Å²) in [5.41, 5.74) is 1.89. The molecule has 4 heteroatoms. The molecule has 0 atom stereocenters. The van der Waals surface area contributed by atoms with E-state index >= 15 is 0 Å². The maximum Gasteiger partial charge on any atom is 0.251 e. The second kappa shape index (κ2) is 4.29. The van der Waals surface area contributed by atoms with Crippen molar-refractivity contribution in [2.75, 3.05) is 0 Å². The Morgan fingerprint density at radius 1 is 1.50 bits per heavy atom. The maximum absolute atomic E-state index is 11.7. The van der Waals surface area contributed by atoms with Crippen molar-refractivity contribution in [2.24, 2.45) is 4.99 Å². The molecule has 0 aromatic heterocycles. The van der Waals surface area contributed by atoms with Gasteiger partial charge in [-0.05, 0) is 37.5 Å². The lowest BCUT2D eigenvalue weighted by atomic mass is 10.1. The van der Waals surface area contributed by atoms with E-state index in [1.807, 2.05) is 6.92 Å². The normalized spacial score (nSPS) is 14.1. The molecule has 1 aromatic carbocycles. The average Bonchev–Trinajstić information content (AvgIpc) is 3.05. The van der Waals surface area contributed by atoms with Gasteiger partial charge in [0.15, 0.2) is 0 Å². The molecule has 0 bridgehead atoms. The number of rotatable bonds is 3. The maximum atomic E-state index is 11.7. The number of carbonyl (C=O) groups is 1. The molecule has 0 saturated heterocycles. The minimum Gasteiger partial charge on any atom is -0.349 e. The Labute approximate surface area is 93.4 Å². The predicted octanol–water partition coefficient (Wildman–Crippen LogP) is 1.85. The molecule has 0 aliphatic heterocycles. The van der Waals surface area contributed by atoms with Gasteiger partial charge in [-0.15, -0.1) is 0 Å². The minimum absolute atomic E-state index is 0.107. The fraction of sp³-hybridized carbons (Fsp3) is 0.333. The molecule has 82 valence electrons. The quantitative estimate of drug-likeness (QED) is 0.619. The van der Waals surface area contributed by atoms with E-state index in [0.717, 1.165) is 18.4 Å². The van der Waals surface area contributed by atoms with Gasteiger partial charge in [0, 0.05) is 11.6 Å². The SMILES string of the molecule is Cc1ccc(C(=O)NC2CC2)cc1N=C=O. The molecule has 1 aliphatic carbocycles. The van der Waals surface area contributed by atoms with E-state index < -0.39 is 0 Å². The van der Waals surface area contributed by atoms with Crippen LogP contribution in [0.25, 0.3) is 0 Å². The summed E-state index contributed by atoms with van der Waals surface area (Å²) in [4.78, 5) is 25.5. The highest BCUT2D eigenvalue weighted by Gasteiger charge is 2.23. The topological polar surface area (TPSA) is 58.5 Å². The van der Waals surface area contributed by atoms with Crippen molar-refractivity contribution in [1.29, 1.82) is 0 Å². The van der Waals surface area contributed by atoms with E-state index in [2.05, 4.69) is 10.3 Å². The van der Waals surface area contributed by atoms with Crippen LogP contribution in [0.15, 0.2) is 23.2 Å². The van der Waals surface area contributed by atoms with Gasteiger partial charge < -0.3 is 5.32 Å². The van der Waals surface area contributed by atoms with Crippen molar-refractivity contribution >= 4 is 17.7 Å². The van der Waals surface area contributed by atoms with Crippen LogP contribution in [0.5, 0.6) is 0 Å². The zero-order valence-electron chi connectivity index (χ0n) is 8.99. The number of hydrogen-bond donors (Lipinski definition) is 1. The molecule has 0 spiro atoms. The highest BCUT2D eigenvalue weighted by molar-refractivity contribution is 5.95. The van der Waals surface area contributed by atoms with Crippen molar-refractivity contribution in [3.8, 4) is 0 Å². The first-order valence-electron chi connectivity index (χ1n) is 5.20. The number of amides is 1. The summed E-state index contributed by atoms with van der Waals surface area (Å²) in [6, 6.07) is 5.44. The fourth-order valence-corrected chi connectivity index (χ4v) is 1.42.